The van der Waals surface area contributed by atoms with Crippen molar-refractivity contribution >= 4 is 10.0 Å². The summed E-state index contributed by atoms with van der Waals surface area (Å²) in [4.78, 5) is 0.157. The van der Waals surface area contributed by atoms with Gasteiger partial charge in [-0.2, -0.15) is 10.2 Å². The number of aromatic nitrogens is 4. The first kappa shape index (κ1) is 17.1. The second kappa shape index (κ2) is 6.66. The van der Waals surface area contributed by atoms with Crippen LogP contribution in [0.2, 0.25) is 0 Å². The van der Waals surface area contributed by atoms with Crippen LogP contribution in [0.1, 0.15) is 37.8 Å². The van der Waals surface area contributed by atoms with E-state index >= 15 is 0 Å². The summed E-state index contributed by atoms with van der Waals surface area (Å²) in [6, 6.07) is -0.401. The van der Waals surface area contributed by atoms with Crippen LogP contribution < -0.4 is 4.72 Å². The monoisotopic (exact) mass is 353 g/mol. The normalized spacial score (nSPS) is 22.3. The van der Waals surface area contributed by atoms with E-state index in [1.807, 2.05) is 6.92 Å². The van der Waals surface area contributed by atoms with Crippen LogP contribution in [0, 0.1) is 5.92 Å². The fourth-order valence-corrected chi connectivity index (χ4v) is 4.25. The first-order chi connectivity index (χ1) is 11.4. The van der Waals surface area contributed by atoms with Crippen molar-refractivity contribution in [3.63, 3.8) is 0 Å². The predicted molar refractivity (Wildman–Crippen MR) is 87.5 cm³/mol. The molecule has 2 N–H and O–H groups in total. The molecule has 0 aliphatic heterocycles. The third-order valence-electron chi connectivity index (χ3n) is 4.36. The standard InChI is InChI=1S/C15H23N5O3S/c1-3-4-20-10-14(8-17-20)24(22,23)18-15(11-5-13(21)6-11)12-7-16-19(2)9-12/h7-11,13,15,18,21H,3-6H2,1-2H3. The summed E-state index contributed by atoms with van der Waals surface area (Å²) >= 11 is 0. The maximum atomic E-state index is 12.7. The first-order valence-corrected chi connectivity index (χ1v) is 9.58. The fraction of sp³-hybridized carbons (Fsp3) is 0.600. The van der Waals surface area contributed by atoms with Gasteiger partial charge in [-0.25, -0.2) is 13.1 Å². The summed E-state index contributed by atoms with van der Waals surface area (Å²) in [5.41, 5.74) is 0.805. The number of sulfonamides is 1. The maximum absolute atomic E-state index is 12.7. The van der Waals surface area contributed by atoms with Gasteiger partial charge in [-0.15, -0.1) is 0 Å². The molecule has 9 heteroatoms. The van der Waals surface area contributed by atoms with Crippen molar-refractivity contribution in [2.24, 2.45) is 13.0 Å². The Morgan fingerprint density at radius 2 is 2.08 bits per heavy atom. The van der Waals surface area contributed by atoms with E-state index in [1.165, 1.54) is 6.20 Å². The molecule has 1 fully saturated rings. The lowest BCUT2D eigenvalue weighted by Crippen LogP contribution is -2.41. The van der Waals surface area contributed by atoms with Gasteiger partial charge in [-0.3, -0.25) is 9.36 Å². The highest BCUT2D eigenvalue weighted by molar-refractivity contribution is 7.89. The molecule has 0 bridgehead atoms. The van der Waals surface area contributed by atoms with E-state index in [0.717, 1.165) is 12.0 Å². The summed E-state index contributed by atoms with van der Waals surface area (Å²) in [5, 5.41) is 17.8. The molecule has 1 unspecified atom stereocenters. The molecule has 8 nitrogen and oxygen atoms in total. The Morgan fingerprint density at radius 3 is 2.67 bits per heavy atom. The zero-order valence-electron chi connectivity index (χ0n) is 13.8. The second-order valence-electron chi connectivity index (χ2n) is 6.37. The molecule has 0 saturated heterocycles. The quantitative estimate of drug-likeness (QED) is 0.767. The van der Waals surface area contributed by atoms with Gasteiger partial charge in [-0.1, -0.05) is 6.92 Å². The highest BCUT2D eigenvalue weighted by Crippen LogP contribution is 2.38. The van der Waals surface area contributed by atoms with Crippen LogP contribution in [0.5, 0.6) is 0 Å². The molecule has 0 aromatic carbocycles. The third kappa shape index (κ3) is 3.52. The van der Waals surface area contributed by atoms with E-state index < -0.39 is 16.1 Å². The van der Waals surface area contributed by atoms with Crippen LogP contribution in [-0.4, -0.2) is 39.2 Å². The molecule has 0 radical (unpaired) electrons. The molecule has 132 valence electrons. The Kier molecular flexibility index (Phi) is 4.75. The van der Waals surface area contributed by atoms with E-state index in [1.54, 1.807) is 35.0 Å². The van der Waals surface area contributed by atoms with Crippen molar-refractivity contribution in [1.82, 2.24) is 24.3 Å². The van der Waals surface area contributed by atoms with Crippen molar-refractivity contribution in [2.75, 3.05) is 0 Å². The SMILES string of the molecule is CCCn1cc(S(=O)(=O)NC(c2cnn(C)c2)C2CC(O)C2)cn1. The minimum atomic E-state index is -3.69. The lowest BCUT2D eigenvalue weighted by molar-refractivity contribution is 0.0280. The van der Waals surface area contributed by atoms with Crippen molar-refractivity contribution in [2.45, 2.75) is 49.8 Å². The van der Waals surface area contributed by atoms with Gasteiger partial charge in [0.25, 0.3) is 0 Å². The zero-order chi connectivity index (χ0) is 17.3. The molecule has 1 aliphatic rings. The number of aryl methyl sites for hydroxylation is 2. The average molecular weight is 353 g/mol. The summed E-state index contributed by atoms with van der Waals surface area (Å²) < 4.78 is 31.5. The van der Waals surface area contributed by atoms with Crippen LogP contribution in [0.15, 0.2) is 29.7 Å². The van der Waals surface area contributed by atoms with E-state index in [2.05, 4.69) is 14.9 Å². The number of nitrogens with zero attached hydrogens (tertiary/aromatic N) is 4. The summed E-state index contributed by atoms with van der Waals surface area (Å²) in [5.74, 6) is 0.0599. The second-order valence-corrected chi connectivity index (χ2v) is 8.08. The van der Waals surface area contributed by atoms with Crippen LogP contribution in [0.4, 0.5) is 0 Å². The number of aliphatic hydroxyl groups excluding tert-OH is 1. The number of nitrogens with one attached hydrogen (secondary N) is 1. The molecule has 2 aromatic heterocycles. The molecule has 24 heavy (non-hydrogen) atoms. The van der Waals surface area contributed by atoms with Crippen molar-refractivity contribution in [3.8, 4) is 0 Å². The van der Waals surface area contributed by atoms with Gasteiger partial charge < -0.3 is 5.11 Å². The van der Waals surface area contributed by atoms with Crippen LogP contribution >= 0.6 is 0 Å². The Bertz CT molecular complexity index is 792. The number of hydrogen-bond acceptors (Lipinski definition) is 5. The third-order valence-corrected chi connectivity index (χ3v) is 5.76. The average Bonchev–Trinajstić information content (AvgIpc) is 3.12. The van der Waals surface area contributed by atoms with E-state index in [-0.39, 0.29) is 16.9 Å². The molecule has 2 aromatic rings. The highest BCUT2D eigenvalue weighted by Gasteiger charge is 2.38. The van der Waals surface area contributed by atoms with Gasteiger partial charge in [0.05, 0.1) is 24.5 Å². The van der Waals surface area contributed by atoms with Crippen molar-refractivity contribution in [1.29, 1.82) is 0 Å². The van der Waals surface area contributed by atoms with Crippen LogP contribution in [-0.2, 0) is 23.6 Å². The van der Waals surface area contributed by atoms with Gasteiger partial charge in [0.2, 0.25) is 10.0 Å². The highest BCUT2D eigenvalue weighted by atomic mass is 32.2. The molecular weight excluding hydrogens is 330 g/mol. The smallest absolute Gasteiger partial charge is 0.244 e. The van der Waals surface area contributed by atoms with Crippen LogP contribution in [0.25, 0.3) is 0 Å². The van der Waals surface area contributed by atoms with E-state index in [9.17, 15) is 13.5 Å². The lowest BCUT2D eigenvalue weighted by Gasteiger charge is -2.37. The predicted octanol–water partition coefficient (Wildman–Crippen LogP) is 0.817. The molecule has 1 aliphatic carbocycles. The molecule has 0 spiro atoms. The Morgan fingerprint density at radius 1 is 1.33 bits per heavy atom. The molecule has 1 saturated carbocycles. The summed E-state index contributed by atoms with van der Waals surface area (Å²) in [6.45, 7) is 2.69. The number of hydrogen-bond donors (Lipinski definition) is 2. The van der Waals surface area contributed by atoms with Crippen molar-refractivity contribution < 1.29 is 13.5 Å². The van der Waals surface area contributed by atoms with Gasteiger partial charge >= 0.3 is 0 Å². The lowest BCUT2D eigenvalue weighted by atomic mass is 9.76. The van der Waals surface area contributed by atoms with Crippen LogP contribution in [0.3, 0.4) is 0 Å². The molecule has 1 atom stereocenters. The van der Waals surface area contributed by atoms with E-state index in [4.69, 9.17) is 0 Å². The Labute approximate surface area is 141 Å². The van der Waals surface area contributed by atoms with Gasteiger partial charge in [0.1, 0.15) is 4.90 Å². The molecule has 0 amide bonds. The van der Waals surface area contributed by atoms with Gasteiger partial charge in [-0.05, 0) is 25.2 Å². The molecule has 2 heterocycles. The fourth-order valence-electron chi connectivity index (χ4n) is 3.01. The van der Waals surface area contributed by atoms with E-state index in [0.29, 0.717) is 19.4 Å². The van der Waals surface area contributed by atoms with Crippen molar-refractivity contribution in [3.05, 3.63) is 30.4 Å². The number of rotatable bonds is 7. The van der Waals surface area contributed by atoms with Gasteiger partial charge in [0, 0.05) is 31.5 Å². The number of aliphatic hydroxyl groups is 1. The Hall–Kier alpha value is -1.71. The zero-order valence-corrected chi connectivity index (χ0v) is 14.6. The molecular formula is C15H23N5O3S. The minimum Gasteiger partial charge on any atom is -0.393 e. The molecule has 3 rings (SSSR count). The topological polar surface area (TPSA) is 102 Å². The maximum Gasteiger partial charge on any atom is 0.244 e. The first-order valence-electron chi connectivity index (χ1n) is 8.10. The Balaban J connectivity index is 1.82. The van der Waals surface area contributed by atoms with Gasteiger partial charge in [0.15, 0.2) is 0 Å². The minimum absolute atomic E-state index is 0.0599. The summed E-state index contributed by atoms with van der Waals surface area (Å²) in [7, 11) is -1.90. The summed E-state index contributed by atoms with van der Waals surface area (Å²) in [6.07, 6.45) is 8.07. The largest absolute Gasteiger partial charge is 0.393 e.